The second-order valence-corrected chi connectivity index (χ2v) is 5.04. The molecule has 2 aromatic rings. The number of H-pyrrole nitrogens is 1. The Labute approximate surface area is 109 Å². The molecule has 92 valence electrons. The van der Waals surface area contributed by atoms with Crippen molar-refractivity contribution in [1.29, 1.82) is 0 Å². The van der Waals surface area contributed by atoms with E-state index >= 15 is 0 Å². The van der Waals surface area contributed by atoms with Gasteiger partial charge in [-0.25, -0.2) is 0 Å². The standard InChI is InChI=1S/C11H15N3OS2/c1-3-15-7-8(2)14-10(12-13-11(14)16)9-5-4-6-17-9/h4-6,8H,3,7H2,1-2H3,(H,13,16). The van der Waals surface area contributed by atoms with Gasteiger partial charge in [-0.15, -0.1) is 11.3 Å². The number of nitrogens with zero attached hydrogens (tertiary/aromatic N) is 2. The van der Waals surface area contributed by atoms with E-state index in [9.17, 15) is 0 Å². The van der Waals surface area contributed by atoms with Crippen LogP contribution >= 0.6 is 23.6 Å². The van der Waals surface area contributed by atoms with Crippen molar-refractivity contribution in [2.45, 2.75) is 19.9 Å². The fourth-order valence-corrected chi connectivity index (χ4v) is 2.68. The van der Waals surface area contributed by atoms with Gasteiger partial charge < -0.3 is 4.74 Å². The molecule has 2 aromatic heterocycles. The van der Waals surface area contributed by atoms with Gasteiger partial charge in [0, 0.05) is 6.61 Å². The van der Waals surface area contributed by atoms with Crippen molar-refractivity contribution in [1.82, 2.24) is 14.8 Å². The lowest BCUT2D eigenvalue weighted by molar-refractivity contribution is 0.119. The molecule has 1 unspecified atom stereocenters. The Balaban J connectivity index is 2.33. The second-order valence-electron chi connectivity index (χ2n) is 3.71. The molecule has 6 heteroatoms. The van der Waals surface area contributed by atoms with Crippen molar-refractivity contribution in [2.24, 2.45) is 0 Å². The highest BCUT2D eigenvalue weighted by atomic mass is 32.1. The molecule has 0 bridgehead atoms. The number of nitrogens with one attached hydrogen (secondary N) is 1. The summed E-state index contributed by atoms with van der Waals surface area (Å²) in [6.07, 6.45) is 0. The summed E-state index contributed by atoms with van der Waals surface area (Å²) >= 11 is 6.92. The summed E-state index contributed by atoms with van der Waals surface area (Å²) in [4.78, 5) is 1.11. The van der Waals surface area contributed by atoms with Crippen LogP contribution in [0.5, 0.6) is 0 Å². The minimum Gasteiger partial charge on any atom is -0.380 e. The monoisotopic (exact) mass is 269 g/mol. The molecule has 2 heterocycles. The van der Waals surface area contributed by atoms with Crippen molar-refractivity contribution in [3.05, 3.63) is 22.3 Å². The van der Waals surface area contributed by atoms with Crippen molar-refractivity contribution in [2.75, 3.05) is 13.2 Å². The molecule has 0 saturated heterocycles. The maximum absolute atomic E-state index is 5.44. The van der Waals surface area contributed by atoms with E-state index in [1.165, 1.54) is 0 Å². The number of hydrogen-bond acceptors (Lipinski definition) is 4. The van der Waals surface area contributed by atoms with Gasteiger partial charge in [0.25, 0.3) is 0 Å². The van der Waals surface area contributed by atoms with E-state index in [0.717, 1.165) is 10.7 Å². The van der Waals surface area contributed by atoms with Crippen LogP contribution in [0, 0.1) is 4.77 Å². The topological polar surface area (TPSA) is 42.8 Å². The lowest BCUT2D eigenvalue weighted by atomic mass is 10.3. The summed E-state index contributed by atoms with van der Waals surface area (Å²) in [7, 11) is 0. The Morgan fingerprint density at radius 1 is 1.65 bits per heavy atom. The number of ether oxygens (including phenoxy) is 1. The zero-order valence-electron chi connectivity index (χ0n) is 9.84. The quantitative estimate of drug-likeness (QED) is 0.847. The Hall–Kier alpha value is -0.980. The van der Waals surface area contributed by atoms with Crippen molar-refractivity contribution in [3.8, 4) is 10.7 Å². The smallest absolute Gasteiger partial charge is 0.195 e. The molecule has 2 rings (SSSR count). The molecule has 17 heavy (non-hydrogen) atoms. The van der Waals surface area contributed by atoms with Gasteiger partial charge >= 0.3 is 0 Å². The normalized spacial score (nSPS) is 12.8. The third-order valence-electron chi connectivity index (χ3n) is 2.45. The van der Waals surface area contributed by atoms with Gasteiger partial charge in [0.05, 0.1) is 17.5 Å². The first-order valence-corrected chi connectivity index (χ1v) is 6.81. The summed E-state index contributed by atoms with van der Waals surface area (Å²) in [5.74, 6) is 0.886. The molecule has 0 saturated carbocycles. The molecule has 0 fully saturated rings. The number of rotatable bonds is 5. The molecule has 0 aliphatic carbocycles. The molecule has 0 spiro atoms. The lowest BCUT2D eigenvalue weighted by Gasteiger charge is -2.14. The van der Waals surface area contributed by atoms with Crippen molar-refractivity contribution < 1.29 is 4.74 Å². The maximum Gasteiger partial charge on any atom is 0.195 e. The van der Waals surface area contributed by atoms with Gasteiger partial charge in [0.2, 0.25) is 0 Å². The zero-order valence-corrected chi connectivity index (χ0v) is 11.5. The molecule has 0 aromatic carbocycles. The van der Waals surface area contributed by atoms with Crippen LogP contribution in [-0.4, -0.2) is 28.0 Å². The van der Waals surface area contributed by atoms with Crippen LogP contribution < -0.4 is 0 Å². The number of hydrogen-bond donors (Lipinski definition) is 1. The summed E-state index contributed by atoms with van der Waals surface area (Å²) in [6.45, 7) is 5.42. The van der Waals surface area contributed by atoms with E-state index in [2.05, 4.69) is 17.1 Å². The van der Waals surface area contributed by atoms with Crippen molar-refractivity contribution >= 4 is 23.6 Å². The molecule has 4 nitrogen and oxygen atoms in total. The van der Waals surface area contributed by atoms with Gasteiger partial charge in [-0.1, -0.05) is 6.07 Å². The number of thiophene rings is 1. The first-order valence-electron chi connectivity index (χ1n) is 5.52. The van der Waals surface area contributed by atoms with Gasteiger partial charge in [-0.3, -0.25) is 9.67 Å². The SMILES string of the molecule is CCOCC(C)n1c(-c2cccs2)n[nH]c1=S. The van der Waals surface area contributed by atoms with Gasteiger partial charge in [0.15, 0.2) is 10.6 Å². The van der Waals surface area contributed by atoms with Gasteiger partial charge in [-0.2, -0.15) is 5.10 Å². The minimum absolute atomic E-state index is 0.179. The van der Waals surface area contributed by atoms with E-state index in [0.29, 0.717) is 18.0 Å². The average molecular weight is 269 g/mol. The van der Waals surface area contributed by atoms with E-state index in [4.69, 9.17) is 17.0 Å². The van der Waals surface area contributed by atoms with E-state index in [-0.39, 0.29) is 6.04 Å². The average Bonchev–Trinajstić information content (AvgIpc) is 2.94. The van der Waals surface area contributed by atoms with Crippen LogP contribution in [0.3, 0.4) is 0 Å². The number of aromatic amines is 1. The van der Waals surface area contributed by atoms with Gasteiger partial charge in [0.1, 0.15) is 0 Å². The summed E-state index contributed by atoms with van der Waals surface area (Å²) in [5.41, 5.74) is 0. The molecular weight excluding hydrogens is 254 g/mol. The Morgan fingerprint density at radius 3 is 3.12 bits per heavy atom. The maximum atomic E-state index is 5.44. The van der Waals surface area contributed by atoms with Gasteiger partial charge in [-0.05, 0) is 37.5 Å². The van der Waals surface area contributed by atoms with Crippen LogP contribution in [0.25, 0.3) is 10.7 Å². The third-order valence-corrected chi connectivity index (χ3v) is 3.60. The number of aromatic nitrogens is 3. The predicted octanol–water partition coefficient (Wildman–Crippen LogP) is 3.27. The minimum atomic E-state index is 0.179. The van der Waals surface area contributed by atoms with E-state index in [1.54, 1.807) is 11.3 Å². The molecule has 1 N–H and O–H groups in total. The van der Waals surface area contributed by atoms with E-state index < -0.39 is 0 Å². The first-order chi connectivity index (χ1) is 8.24. The second kappa shape index (κ2) is 5.57. The highest BCUT2D eigenvalue weighted by Gasteiger charge is 2.14. The fourth-order valence-electron chi connectivity index (χ4n) is 1.66. The Kier molecular flexibility index (Phi) is 4.09. The van der Waals surface area contributed by atoms with E-state index in [1.807, 2.05) is 29.0 Å². The predicted molar refractivity (Wildman–Crippen MR) is 71.9 cm³/mol. The van der Waals surface area contributed by atoms with Crippen LogP contribution in [0.1, 0.15) is 19.9 Å². The molecule has 0 aliphatic heterocycles. The first kappa shape index (κ1) is 12.5. The highest BCUT2D eigenvalue weighted by molar-refractivity contribution is 7.71. The van der Waals surface area contributed by atoms with Crippen LogP contribution in [-0.2, 0) is 4.74 Å². The third kappa shape index (κ3) is 2.65. The largest absolute Gasteiger partial charge is 0.380 e. The molecule has 0 aliphatic rings. The zero-order chi connectivity index (χ0) is 12.3. The fraction of sp³-hybridized carbons (Fsp3) is 0.455. The summed E-state index contributed by atoms with van der Waals surface area (Å²) in [6, 6.07) is 4.23. The molecule has 0 radical (unpaired) electrons. The van der Waals surface area contributed by atoms with Crippen LogP contribution in [0.15, 0.2) is 17.5 Å². The summed E-state index contributed by atoms with van der Waals surface area (Å²) < 4.78 is 8.09. The van der Waals surface area contributed by atoms with Crippen LogP contribution in [0.2, 0.25) is 0 Å². The van der Waals surface area contributed by atoms with Crippen LogP contribution in [0.4, 0.5) is 0 Å². The lowest BCUT2D eigenvalue weighted by Crippen LogP contribution is -2.13. The summed E-state index contributed by atoms with van der Waals surface area (Å²) in [5, 5.41) is 9.17. The highest BCUT2D eigenvalue weighted by Crippen LogP contribution is 2.25. The van der Waals surface area contributed by atoms with Crippen molar-refractivity contribution in [3.63, 3.8) is 0 Å². The molecular formula is C11H15N3OS2. The Bertz CT molecular complexity index is 515. The Morgan fingerprint density at radius 2 is 2.47 bits per heavy atom. The molecule has 1 atom stereocenters. The molecule has 0 amide bonds.